The van der Waals surface area contributed by atoms with E-state index in [1.54, 1.807) is 0 Å². The van der Waals surface area contributed by atoms with Crippen LogP contribution in [0, 0.1) is 0 Å². The zero-order valence-electron chi connectivity index (χ0n) is 7.36. The topological polar surface area (TPSA) is 42.7 Å². The number of hydrogen-bond acceptors (Lipinski definition) is 3. The predicted molar refractivity (Wildman–Crippen MR) is 51.0 cm³/mol. The summed E-state index contributed by atoms with van der Waals surface area (Å²) in [6, 6.07) is 0. The second-order valence-corrected chi connectivity index (χ2v) is 3.58. The molecule has 1 aromatic rings. The van der Waals surface area contributed by atoms with Crippen molar-refractivity contribution in [1.29, 1.82) is 0 Å². The first-order valence-corrected chi connectivity index (χ1v) is 4.58. The molecule has 0 unspecified atom stereocenters. The molecule has 0 bridgehead atoms. The lowest BCUT2D eigenvalue weighted by Crippen LogP contribution is -2.29. The molecule has 0 amide bonds. The Morgan fingerprint density at radius 3 is 2.92 bits per heavy atom. The summed E-state index contributed by atoms with van der Waals surface area (Å²) in [5.74, 6) is 3.07. The molecule has 0 atom stereocenters. The van der Waals surface area contributed by atoms with E-state index in [1.165, 1.54) is 18.7 Å². The number of rotatable bonds is 1. The van der Waals surface area contributed by atoms with Crippen LogP contribution in [-0.2, 0) is 13.1 Å². The van der Waals surface area contributed by atoms with Crippen molar-refractivity contribution in [2.24, 2.45) is 0 Å². The van der Waals surface area contributed by atoms with Crippen LogP contribution in [0.2, 0.25) is 0 Å². The van der Waals surface area contributed by atoms with Crippen molar-refractivity contribution in [3.63, 3.8) is 0 Å². The number of hydrogen-bond donors (Lipinski definition) is 1. The largest absolute Gasteiger partial charge is 0.312 e. The lowest BCUT2D eigenvalue weighted by atomic mass is 10.3. The first-order valence-electron chi connectivity index (χ1n) is 4.58. The molecule has 3 rings (SSSR count). The van der Waals surface area contributed by atoms with Crippen LogP contribution in [0.4, 0.5) is 0 Å². The van der Waals surface area contributed by atoms with Crippen molar-refractivity contribution in [1.82, 2.24) is 20.1 Å². The fourth-order valence-corrected chi connectivity index (χ4v) is 1.76. The van der Waals surface area contributed by atoms with Gasteiger partial charge in [-0.3, -0.25) is 0 Å². The van der Waals surface area contributed by atoms with Gasteiger partial charge in [0, 0.05) is 19.0 Å². The first-order chi connectivity index (χ1) is 5.95. The van der Waals surface area contributed by atoms with Crippen molar-refractivity contribution < 1.29 is 0 Å². The Labute approximate surface area is 83.1 Å². The summed E-state index contributed by atoms with van der Waals surface area (Å²) in [4.78, 5) is 0. The van der Waals surface area contributed by atoms with Crippen LogP contribution in [0.1, 0.15) is 30.4 Å². The van der Waals surface area contributed by atoms with E-state index in [1.807, 2.05) is 0 Å². The van der Waals surface area contributed by atoms with Gasteiger partial charge in [-0.05, 0) is 12.8 Å². The van der Waals surface area contributed by atoms with E-state index in [2.05, 4.69) is 20.1 Å². The number of fused-ring (bicyclic) bond motifs is 1. The summed E-state index contributed by atoms with van der Waals surface area (Å²) in [6.45, 7) is 3.00. The number of halogens is 1. The Bertz CT molecular complexity index is 305. The Kier molecular flexibility index (Phi) is 2.26. The maximum Gasteiger partial charge on any atom is 0.147 e. The Hall–Kier alpha value is -0.610. The molecule has 1 fully saturated rings. The van der Waals surface area contributed by atoms with E-state index in [9.17, 15) is 0 Å². The fourth-order valence-electron chi connectivity index (χ4n) is 1.76. The summed E-state index contributed by atoms with van der Waals surface area (Å²) in [5.41, 5.74) is 0. The molecule has 0 aromatic carbocycles. The van der Waals surface area contributed by atoms with Crippen LogP contribution in [-0.4, -0.2) is 21.3 Å². The molecule has 0 radical (unpaired) electrons. The van der Waals surface area contributed by atoms with Crippen LogP contribution in [0.25, 0.3) is 0 Å². The average Bonchev–Trinajstić information content (AvgIpc) is 2.86. The predicted octanol–water partition coefficient (Wildman–Crippen LogP) is 0.680. The molecular formula is C8H13ClN4. The van der Waals surface area contributed by atoms with E-state index in [0.29, 0.717) is 0 Å². The maximum atomic E-state index is 4.23. The molecule has 0 saturated heterocycles. The van der Waals surface area contributed by atoms with E-state index in [0.717, 1.165) is 31.4 Å². The Morgan fingerprint density at radius 2 is 2.15 bits per heavy atom. The smallest absolute Gasteiger partial charge is 0.147 e. The number of nitrogens with zero attached hydrogens (tertiary/aromatic N) is 3. The second-order valence-electron chi connectivity index (χ2n) is 3.58. The van der Waals surface area contributed by atoms with Gasteiger partial charge in [0.05, 0.1) is 6.54 Å². The van der Waals surface area contributed by atoms with Gasteiger partial charge in [-0.1, -0.05) is 0 Å². The summed E-state index contributed by atoms with van der Waals surface area (Å²) in [5, 5.41) is 11.7. The van der Waals surface area contributed by atoms with Crippen LogP contribution in [0.5, 0.6) is 0 Å². The highest BCUT2D eigenvalue weighted by Crippen LogP contribution is 2.39. The molecule has 72 valence electrons. The van der Waals surface area contributed by atoms with E-state index in [4.69, 9.17) is 0 Å². The molecule has 4 nitrogen and oxygen atoms in total. The fraction of sp³-hybridized carbons (Fsp3) is 0.750. The molecular weight excluding hydrogens is 188 g/mol. The SMILES string of the molecule is C1Cn2c(nnc2C2CC2)CN1.Cl. The zero-order valence-corrected chi connectivity index (χ0v) is 8.18. The average molecular weight is 201 g/mol. The molecule has 2 heterocycles. The van der Waals surface area contributed by atoms with Gasteiger partial charge >= 0.3 is 0 Å². The molecule has 0 spiro atoms. The molecule has 1 aliphatic carbocycles. The quantitative estimate of drug-likeness (QED) is 0.725. The third-order valence-electron chi connectivity index (χ3n) is 2.59. The first kappa shape index (κ1) is 8.97. The van der Waals surface area contributed by atoms with Crippen molar-refractivity contribution >= 4 is 12.4 Å². The molecule has 5 heteroatoms. The monoisotopic (exact) mass is 200 g/mol. The van der Waals surface area contributed by atoms with Gasteiger partial charge in [-0.25, -0.2) is 0 Å². The molecule has 1 aliphatic heterocycles. The molecule has 1 N–H and O–H groups in total. The minimum atomic E-state index is 0. The standard InChI is InChI=1S/C8H12N4.ClH/c1-2-6(1)8-11-10-7-5-9-3-4-12(7)8;/h6,9H,1-5H2;1H. The number of nitrogens with one attached hydrogen (secondary N) is 1. The van der Waals surface area contributed by atoms with Crippen molar-refractivity contribution in [3.8, 4) is 0 Å². The van der Waals surface area contributed by atoms with Crippen LogP contribution in [0.15, 0.2) is 0 Å². The van der Waals surface area contributed by atoms with Crippen LogP contribution >= 0.6 is 12.4 Å². The Morgan fingerprint density at radius 1 is 1.31 bits per heavy atom. The second kappa shape index (κ2) is 3.27. The van der Waals surface area contributed by atoms with Gasteiger partial charge in [-0.2, -0.15) is 0 Å². The van der Waals surface area contributed by atoms with Gasteiger partial charge in [0.1, 0.15) is 11.6 Å². The molecule has 1 saturated carbocycles. The van der Waals surface area contributed by atoms with E-state index in [-0.39, 0.29) is 12.4 Å². The third kappa shape index (κ3) is 1.44. The lowest BCUT2D eigenvalue weighted by Gasteiger charge is -2.15. The van der Waals surface area contributed by atoms with E-state index >= 15 is 0 Å². The summed E-state index contributed by atoms with van der Waals surface area (Å²) >= 11 is 0. The Balaban J connectivity index is 0.000000653. The van der Waals surface area contributed by atoms with Crippen LogP contribution in [0.3, 0.4) is 0 Å². The van der Waals surface area contributed by atoms with Crippen molar-refractivity contribution in [2.75, 3.05) is 6.54 Å². The maximum absolute atomic E-state index is 4.23. The van der Waals surface area contributed by atoms with Gasteiger partial charge < -0.3 is 9.88 Å². The van der Waals surface area contributed by atoms with Gasteiger partial charge in [0.15, 0.2) is 0 Å². The minimum Gasteiger partial charge on any atom is -0.312 e. The van der Waals surface area contributed by atoms with Gasteiger partial charge in [-0.15, -0.1) is 22.6 Å². The highest BCUT2D eigenvalue weighted by atomic mass is 35.5. The van der Waals surface area contributed by atoms with Gasteiger partial charge in [0.2, 0.25) is 0 Å². The molecule has 1 aromatic heterocycles. The number of aromatic nitrogens is 3. The van der Waals surface area contributed by atoms with Crippen molar-refractivity contribution in [3.05, 3.63) is 11.6 Å². The zero-order chi connectivity index (χ0) is 7.97. The molecule has 2 aliphatic rings. The van der Waals surface area contributed by atoms with Crippen LogP contribution < -0.4 is 5.32 Å². The van der Waals surface area contributed by atoms with Gasteiger partial charge in [0.25, 0.3) is 0 Å². The summed E-state index contributed by atoms with van der Waals surface area (Å²) in [6.07, 6.45) is 2.62. The minimum absolute atomic E-state index is 0. The highest BCUT2D eigenvalue weighted by molar-refractivity contribution is 5.85. The normalized spacial score (nSPS) is 20.6. The van der Waals surface area contributed by atoms with E-state index < -0.39 is 0 Å². The lowest BCUT2D eigenvalue weighted by molar-refractivity contribution is 0.493. The third-order valence-corrected chi connectivity index (χ3v) is 2.59. The summed E-state index contributed by atoms with van der Waals surface area (Å²) < 4.78 is 2.29. The summed E-state index contributed by atoms with van der Waals surface area (Å²) in [7, 11) is 0. The van der Waals surface area contributed by atoms with Crippen molar-refractivity contribution in [2.45, 2.75) is 31.8 Å². The highest BCUT2D eigenvalue weighted by Gasteiger charge is 2.30. The molecule has 13 heavy (non-hydrogen) atoms.